The highest BCUT2D eigenvalue weighted by Gasteiger charge is 2.28. The molecule has 0 aromatic heterocycles. The molecule has 0 bridgehead atoms. The zero-order valence-electron chi connectivity index (χ0n) is 16.2. The standard InChI is InChI=1S/C20H34N2O3/c1-15(2)5-6-19(23)21-11-7-17(8-12-21)25-18-9-13-22(14-10-18)20(24)16(3)4/h5-6,15-18H,7-14H2,1-4H3/b6-5+. The van der Waals surface area contributed by atoms with Crippen LogP contribution in [0.4, 0.5) is 0 Å². The molecule has 2 aliphatic rings. The lowest BCUT2D eigenvalue weighted by Crippen LogP contribution is -2.45. The maximum absolute atomic E-state index is 12.1. The first-order valence-corrected chi connectivity index (χ1v) is 9.78. The number of amides is 2. The van der Waals surface area contributed by atoms with E-state index in [4.69, 9.17) is 4.74 Å². The predicted molar refractivity (Wildman–Crippen MR) is 99.1 cm³/mol. The number of ether oxygens (including phenoxy) is 1. The van der Waals surface area contributed by atoms with Crippen LogP contribution in [-0.2, 0) is 14.3 Å². The third-order valence-corrected chi connectivity index (χ3v) is 5.01. The van der Waals surface area contributed by atoms with Gasteiger partial charge in [0.05, 0.1) is 12.2 Å². The molecule has 0 unspecified atom stereocenters. The Balaban J connectivity index is 1.69. The van der Waals surface area contributed by atoms with Gasteiger partial charge in [0.2, 0.25) is 11.8 Å². The molecular weight excluding hydrogens is 316 g/mol. The van der Waals surface area contributed by atoms with Crippen LogP contribution in [0.1, 0.15) is 53.4 Å². The molecule has 0 atom stereocenters. The van der Waals surface area contributed by atoms with Gasteiger partial charge in [0.15, 0.2) is 0 Å². The number of carbonyl (C=O) groups is 2. The van der Waals surface area contributed by atoms with E-state index < -0.39 is 0 Å². The van der Waals surface area contributed by atoms with Gasteiger partial charge in [-0.2, -0.15) is 0 Å². The maximum atomic E-state index is 12.1. The van der Waals surface area contributed by atoms with Crippen LogP contribution < -0.4 is 0 Å². The van der Waals surface area contributed by atoms with Crippen molar-refractivity contribution in [1.82, 2.24) is 9.80 Å². The Bertz CT molecular complexity index is 471. The van der Waals surface area contributed by atoms with Gasteiger partial charge >= 0.3 is 0 Å². The average Bonchev–Trinajstić information content (AvgIpc) is 2.60. The minimum absolute atomic E-state index is 0.0732. The number of piperidine rings is 2. The maximum Gasteiger partial charge on any atom is 0.246 e. The lowest BCUT2D eigenvalue weighted by atomic mass is 10.0. The summed E-state index contributed by atoms with van der Waals surface area (Å²) in [5, 5.41) is 0. The first-order chi connectivity index (χ1) is 11.9. The zero-order chi connectivity index (χ0) is 18.4. The second-order valence-electron chi connectivity index (χ2n) is 7.94. The van der Waals surface area contributed by atoms with Gasteiger partial charge in [0.25, 0.3) is 0 Å². The molecule has 0 radical (unpaired) electrons. The highest BCUT2D eigenvalue weighted by molar-refractivity contribution is 5.87. The Kier molecular flexibility index (Phi) is 7.48. The fraction of sp³-hybridized carbons (Fsp3) is 0.800. The highest BCUT2D eigenvalue weighted by Crippen LogP contribution is 2.22. The van der Waals surface area contributed by atoms with Gasteiger partial charge < -0.3 is 14.5 Å². The third-order valence-electron chi connectivity index (χ3n) is 5.01. The van der Waals surface area contributed by atoms with Crippen molar-refractivity contribution in [1.29, 1.82) is 0 Å². The zero-order valence-corrected chi connectivity index (χ0v) is 16.2. The molecule has 142 valence electrons. The van der Waals surface area contributed by atoms with Gasteiger partial charge in [-0.1, -0.05) is 33.8 Å². The minimum Gasteiger partial charge on any atom is -0.375 e. The van der Waals surface area contributed by atoms with Crippen molar-refractivity contribution in [2.24, 2.45) is 11.8 Å². The molecule has 0 aromatic carbocycles. The van der Waals surface area contributed by atoms with E-state index in [1.54, 1.807) is 6.08 Å². The summed E-state index contributed by atoms with van der Waals surface area (Å²) < 4.78 is 6.25. The molecule has 2 amide bonds. The largest absolute Gasteiger partial charge is 0.375 e. The molecule has 0 saturated carbocycles. The third kappa shape index (κ3) is 6.14. The van der Waals surface area contributed by atoms with Crippen LogP contribution in [0, 0.1) is 11.8 Å². The second-order valence-corrected chi connectivity index (χ2v) is 7.94. The normalized spacial score (nSPS) is 20.9. The number of likely N-dealkylation sites (tertiary alicyclic amines) is 2. The number of hydrogen-bond donors (Lipinski definition) is 0. The monoisotopic (exact) mass is 350 g/mol. The van der Waals surface area contributed by atoms with Gasteiger partial charge in [0.1, 0.15) is 0 Å². The molecule has 2 rings (SSSR count). The fourth-order valence-corrected chi connectivity index (χ4v) is 3.44. The van der Waals surface area contributed by atoms with Crippen LogP contribution in [0.15, 0.2) is 12.2 Å². The Labute approximate surface area is 152 Å². The molecule has 2 aliphatic heterocycles. The first-order valence-electron chi connectivity index (χ1n) is 9.78. The van der Waals surface area contributed by atoms with Crippen LogP contribution in [-0.4, -0.2) is 60.0 Å². The molecule has 0 aliphatic carbocycles. The molecule has 0 spiro atoms. The first kappa shape index (κ1) is 20.0. The van der Waals surface area contributed by atoms with Gasteiger partial charge in [0, 0.05) is 32.1 Å². The minimum atomic E-state index is 0.0732. The van der Waals surface area contributed by atoms with Crippen LogP contribution in [0.2, 0.25) is 0 Å². The molecule has 0 N–H and O–H groups in total. The Hall–Kier alpha value is -1.36. The van der Waals surface area contributed by atoms with Crippen molar-refractivity contribution in [3.8, 4) is 0 Å². The summed E-state index contributed by atoms with van der Waals surface area (Å²) >= 11 is 0. The Morgan fingerprint density at radius 2 is 1.36 bits per heavy atom. The summed E-state index contributed by atoms with van der Waals surface area (Å²) in [4.78, 5) is 28.0. The van der Waals surface area contributed by atoms with Crippen LogP contribution in [0.3, 0.4) is 0 Å². The van der Waals surface area contributed by atoms with Gasteiger partial charge in [-0.25, -0.2) is 0 Å². The second kappa shape index (κ2) is 9.37. The number of carbonyl (C=O) groups excluding carboxylic acids is 2. The lowest BCUT2D eigenvalue weighted by Gasteiger charge is -2.37. The summed E-state index contributed by atoms with van der Waals surface area (Å²) in [7, 11) is 0. The predicted octanol–water partition coefficient (Wildman–Crippen LogP) is 2.85. The summed E-state index contributed by atoms with van der Waals surface area (Å²) in [6.07, 6.45) is 7.83. The molecule has 25 heavy (non-hydrogen) atoms. The van der Waals surface area contributed by atoms with E-state index in [0.717, 1.165) is 51.9 Å². The van der Waals surface area contributed by atoms with E-state index in [2.05, 4.69) is 13.8 Å². The van der Waals surface area contributed by atoms with Crippen molar-refractivity contribution in [3.63, 3.8) is 0 Å². The smallest absolute Gasteiger partial charge is 0.246 e. The lowest BCUT2D eigenvalue weighted by molar-refractivity contribution is -0.138. The van der Waals surface area contributed by atoms with Gasteiger partial charge in [-0.3, -0.25) is 9.59 Å². The van der Waals surface area contributed by atoms with E-state index in [1.807, 2.05) is 29.7 Å². The molecule has 5 nitrogen and oxygen atoms in total. The number of nitrogens with zero attached hydrogens (tertiary/aromatic N) is 2. The number of rotatable bonds is 5. The molecule has 2 fully saturated rings. The van der Waals surface area contributed by atoms with Crippen molar-refractivity contribution in [2.45, 2.75) is 65.6 Å². The molecule has 2 saturated heterocycles. The summed E-state index contributed by atoms with van der Waals surface area (Å²) in [5.41, 5.74) is 0. The highest BCUT2D eigenvalue weighted by atomic mass is 16.5. The molecular formula is C20H34N2O3. The van der Waals surface area contributed by atoms with E-state index in [9.17, 15) is 9.59 Å². The van der Waals surface area contributed by atoms with E-state index in [1.165, 1.54) is 0 Å². The number of allylic oxidation sites excluding steroid dienone is 1. The van der Waals surface area contributed by atoms with Gasteiger partial charge in [-0.05, 0) is 37.7 Å². The van der Waals surface area contributed by atoms with Crippen molar-refractivity contribution >= 4 is 11.8 Å². The topological polar surface area (TPSA) is 49.9 Å². The summed E-state index contributed by atoms with van der Waals surface area (Å²) in [6, 6.07) is 0. The SMILES string of the molecule is CC(C)/C=C/C(=O)N1CCC(OC2CCN(C(=O)C(C)C)CC2)CC1. The fourth-order valence-electron chi connectivity index (χ4n) is 3.44. The van der Waals surface area contributed by atoms with Crippen molar-refractivity contribution < 1.29 is 14.3 Å². The van der Waals surface area contributed by atoms with Crippen molar-refractivity contribution in [2.75, 3.05) is 26.2 Å². The summed E-state index contributed by atoms with van der Waals surface area (Å²) in [5.74, 6) is 0.842. The quantitative estimate of drug-likeness (QED) is 0.717. The van der Waals surface area contributed by atoms with Crippen LogP contribution in [0.25, 0.3) is 0 Å². The molecule has 2 heterocycles. The van der Waals surface area contributed by atoms with Crippen LogP contribution in [0.5, 0.6) is 0 Å². The molecule has 0 aromatic rings. The van der Waals surface area contributed by atoms with Gasteiger partial charge in [-0.15, -0.1) is 0 Å². The van der Waals surface area contributed by atoms with E-state index >= 15 is 0 Å². The summed E-state index contributed by atoms with van der Waals surface area (Å²) in [6.45, 7) is 11.2. The van der Waals surface area contributed by atoms with E-state index in [-0.39, 0.29) is 29.9 Å². The number of hydrogen-bond acceptors (Lipinski definition) is 3. The Morgan fingerprint density at radius 1 is 0.880 bits per heavy atom. The average molecular weight is 351 g/mol. The van der Waals surface area contributed by atoms with E-state index in [0.29, 0.717) is 5.92 Å². The van der Waals surface area contributed by atoms with Crippen LogP contribution >= 0.6 is 0 Å². The molecule has 5 heteroatoms. The Morgan fingerprint density at radius 3 is 1.80 bits per heavy atom. The van der Waals surface area contributed by atoms with Crippen molar-refractivity contribution in [3.05, 3.63) is 12.2 Å².